The molecule has 146 valence electrons. The average molecular weight is 377 g/mol. The molecule has 0 saturated heterocycles. The number of allylic oxidation sites excluding steroid dienone is 2. The number of esters is 1. The molecule has 1 heterocycles. The highest BCUT2D eigenvalue weighted by Gasteiger charge is 2.38. The molecule has 1 N–H and O–H groups in total. The fourth-order valence-electron chi connectivity index (χ4n) is 4.27. The number of benzene rings is 2. The van der Waals surface area contributed by atoms with Crippen LogP contribution in [0.25, 0.3) is 0 Å². The minimum Gasteiger partial charge on any atom is -0.494 e. The number of nitrogens with one attached hydrogen (secondary N) is 1. The second-order valence-electron chi connectivity index (χ2n) is 7.42. The summed E-state index contributed by atoms with van der Waals surface area (Å²) < 4.78 is 10.9. The highest BCUT2D eigenvalue weighted by molar-refractivity contribution is 5.90. The molecule has 0 fully saturated rings. The van der Waals surface area contributed by atoms with Crippen LogP contribution in [0, 0.1) is 5.92 Å². The Morgan fingerprint density at radius 3 is 2.71 bits per heavy atom. The zero-order valence-corrected chi connectivity index (χ0v) is 16.5. The van der Waals surface area contributed by atoms with Crippen LogP contribution in [0.15, 0.2) is 54.6 Å². The summed E-state index contributed by atoms with van der Waals surface area (Å²) in [6.07, 6.45) is 6.40. The number of carbonyl (C=O) groups is 1. The van der Waals surface area contributed by atoms with Crippen LogP contribution < -0.4 is 10.1 Å². The molecular weight excluding hydrogens is 350 g/mol. The third-order valence-electron chi connectivity index (χ3n) is 5.59. The second-order valence-corrected chi connectivity index (χ2v) is 7.42. The highest BCUT2D eigenvalue weighted by Crippen LogP contribution is 2.50. The van der Waals surface area contributed by atoms with E-state index in [4.69, 9.17) is 9.47 Å². The molecule has 2 aromatic carbocycles. The van der Waals surface area contributed by atoms with Crippen LogP contribution in [-0.2, 0) is 4.74 Å². The molecule has 2 aliphatic rings. The molecule has 1 aliphatic carbocycles. The number of hydrogen-bond donors (Lipinski definition) is 1. The maximum Gasteiger partial charge on any atom is 0.338 e. The Labute approximate surface area is 166 Å². The molecule has 0 radical (unpaired) electrons. The van der Waals surface area contributed by atoms with Crippen molar-refractivity contribution in [2.45, 2.75) is 38.6 Å². The van der Waals surface area contributed by atoms with Crippen LogP contribution in [0.2, 0.25) is 0 Å². The quantitative estimate of drug-likeness (QED) is 0.535. The van der Waals surface area contributed by atoms with Crippen LogP contribution in [0.3, 0.4) is 0 Å². The van der Waals surface area contributed by atoms with Crippen LogP contribution in [0.5, 0.6) is 5.75 Å². The Bertz CT molecular complexity index is 872. The normalized spacial score (nSPS) is 22.1. The van der Waals surface area contributed by atoms with E-state index >= 15 is 0 Å². The summed E-state index contributed by atoms with van der Waals surface area (Å²) in [4.78, 5) is 12.3. The lowest BCUT2D eigenvalue weighted by Crippen LogP contribution is -2.29. The monoisotopic (exact) mass is 377 g/mol. The van der Waals surface area contributed by atoms with Gasteiger partial charge in [0.1, 0.15) is 5.75 Å². The zero-order chi connectivity index (χ0) is 19.5. The minimum atomic E-state index is -0.239. The van der Waals surface area contributed by atoms with Gasteiger partial charge in [0.15, 0.2) is 0 Å². The molecule has 28 heavy (non-hydrogen) atoms. The minimum absolute atomic E-state index is 0.237. The largest absolute Gasteiger partial charge is 0.494 e. The van der Waals surface area contributed by atoms with E-state index in [-0.39, 0.29) is 12.0 Å². The van der Waals surface area contributed by atoms with E-state index in [1.54, 1.807) is 0 Å². The van der Waals surface area contributed by atoms with E-state index in [2.05, 4.69) is 29.6 Å². The molecule has 3 unspecified atom stereocenters. The molecule has 0 saturated carbocycles. The van der Waals surface area contributed by atoms with Gasteiger partial charge in [0.05, 0.1) is 24.8 Å². The van der Waals surface area contributed by atoms with Gasteiger partial charge in [-0.15, -0.1) is 0 Å². The predicted octanol–water partition coefficient (Wildman–Crippen LogP) is 5.48. The van der Waals surface area contributed by atoms with Gasteiger partial charge in [0.2, 0.25) is 0 Å². The summed E-state index contributed by atoms with van der Waals surface area (Å²) in [5.41, 5.74) is 4.18. The molecule has 0 bridgehead atoms. The highest BCUT2D eigenvalue weighted by atomic mass is 16.5. The zero-order valence-electron chi connectivity index (χ0n) is 16.5. The van der Waals surface area contributed by atoms with Gasteiger partial charge in [0.25, 0.3) is 0 Å². The lowest BCUT2D eigenvalue weighted by atomic mass is 9.76. The van der Waals surface area contributed by atoms with E-state index < -0.39 is 0 Å². The molecule has 4 heteroatoms. The van der Waals surface area contributed by atoms with Crippen LogP contribution in [-0.4, -0.2) is 19.2 Å². The van der Waals surface area contributed by atoms with E-state index in [1.807, 2.05) is 44.2 Å². The number of hydrogen-bond acceptors (Lipinski definition) is 4. The van der Waals surface area contributed by atoms with Gasteiger partial charge < -0.3 is 14.8 Å². The molecular formula is C24H27NO3. The summed E-state index contributed by atoms with van der Waals surface area (Å²) >= 11 is 0. The van der Waals surface area contributed by atoms with Crippen molar-refractivity contribution < 1.29 is 14.3 Å². The Balaban J connectivity index is 1.61. The maximum atomic E-state index is 12.3. The van der Waals surface area contributed by atoms with E-state index in [1.165, 1.54) is 11.1 Å². The number of carbonyl (C=O) groups excluding carboxylic acids is 1. The molecule has 1 aliphatic heterocycles. The fourth-order valence-corrected chi connectivity index (χ4v) is 4.27. The number of anilines is 1. The van der Waals surface area contributed by atoms with Crippen molar-refractivity contribution >= 4 is 11.7 Å². The fraction of sp³-hybridized carbons (Fsp3) is 0.375. The summed E-state index contributed by atoms with van der Waals surface area (Å²) in [6.45, 7) is 5.12. The van der Waals surface area contributed by atoms with Gasteiger partial charge in [-0.25, -0.2) is 4.79 Å². The Hall–Kier alpha value is -2.75. The lowest BCUT2D eigenvalue weighted by Gasteiger charge is -2.37. The van der Waals surface area contributed by atoms with Crippen molar-refractivity contribution in [2.24, 2.45) is 5.92 Å². The first kappa shape index (κ1) is 18.6. The van der Waals surface area contributed by atoms with E-state index in [0.29, 0.717) is 30.6 Å². The number of rotatable bonds is 6. The van der Waals surface area contributed by atoms with E-state index in [9.17, 15) is 4.79 Å². The van der Waals surface area contributed by atoms with Gasteiger partial charge in [-0.05, 0) is 67.1 Å². The van der Waals surface area contributed by atoms with E-state index in [0.717, 1.165) is 24.3 Å². The van der Waals surface area contributed by atoms with Crippen LogP contribution in [0.4, 0.5) is 5.69 Å². The molecule has 0 amide bonds. The molecule has 0 spiro atoms. The molecule has 0 aromatic heterocycles. The lowest BCUT2D eigenvalue weighted by molar-refractivity contribution is 0.0505. The SMILES string of the molecule is CCCOC(=O)c1ccc2c(c1)C1C=CCC1C(c1ccc(OCC)cc1)N2. The second kappa shape index (κ2) is 8.09. The molecule has 4 rings (SSSR count). The topological polar surface area (TPSA) is 47.6 Å². The van der Waals surface area contributed by atoms with Crippen molar-refractivity contribution in [3.8, 4) is 5.75 Å². The average Bonchev–Trinajstić information content (AvgIpc) is 3.22. The first-order valence-electron chi connectivity index (χ1n) is 10.2. The summed E-state index contributed by atoms with van der Waals surface area (Å²) in [6, 6.07) is 14.5. The van der Waals surface area contributed by atoms with Crippen molar-refractivity contribution in [1.29, 1.82) is 0 Å². The summed E-state index contributed by atoms with van der Waals surface area (Å²) in [5.74, 6) is 1.41. The third-order valence-corrected chi connectivity index (χ3v) is 5.59. The van der Waals surface area contributed by atoms with Gasteiger partial charge in [-0.2, -0.15) is 0 Å². The Morgan fingerprint density at radius 2 is 1.96 bits per heavy atom. The number of ether oxygens (including phenoxy) is 2. The van der Waals surface area contributed by atoms with Crippen molar-refractivity contribution in [2.75, 3.05) is 18.5 Å². The molecule has 3 atom stereocenters. The number of fused-ring (bicyclic) bond motifs is 3. The summed E-state index contributed by atoms with van der Waals surface area (Å²) in [5, 5.41) is 3.71. The van der Waals surface area contributed by atoms with Crippen LogP contribution >= 0.6 is 0 Å². The maximum absolute atomic E-state index is 12.3. The summed E-state index contributed by atoms with van der Waals surface area (Å²) in [7, 11) is 0. The van der Waals surface area contributed by atoms with Gasteiger partial charge in [-0.3, -0.25) is 0 Å². The standard InChI is InChI=1S/C24H27NO3/c1-3-14-28-24(26)17-10-13-22-21(15-17)19-6-5-7-20(19)23(25-22)16-8-11-18(12-9-16)27-4-2/h5-6,8-13,15,19-20,23,25H,3-4,7,14H2,1-2H3. The van der Waals surface area contributed by atoms with Gasteiger partial charge >= 0.3 is 5.97 Å². The first-order valence-corrected chi connectivity index (χ1v) is 10.2. The molecule has 4 nitrogen and oxygen atoms in total. The Kier molecular flexibility index (Phi) is 5.38. The predicted molar refractivity (Wildman–Crippen MR) is 111 cm³/mol. The van der Waals surface area contributed by atoms with Crippen LogP contribution in [0.1, 0.15) is 60.1 Å². The van der Waals surface area contributed by atoms with Crippen molar-refractivity contribution in [1.82, 2.24) is 0 Å². The van der Waals surface area contributed by atoms with Gasteiger partial charge in [-0.1, -0.05) is 31.2 Å². The molecule has 2 aromatic rings. The Morgan fingerprint density at radius 1 is 1.14 bits per heavy atom. The first-order chi connectivity index (χ1) is 13.7. The smallest absolute Gasteiger partial charge is 0.338 e. The van der Waals surface area contributed by atoms with Gasteiger partial charge in [0, 0.05) is 11.6 Å². The van der Waals surface area contributed by atoms with Crippen molar-refractivity contribution in [3.63, 3.8) is 0 Å². The van der Waals surface area contributed by atoms with Crippen molar-refractivity contribution in [3.05, 3.63) is 71.3 Å². The third kappa shape index (κ3) is 3.51.